The van der Waals surface area contributed by atoms with Crippen molar-refractivity contribution in [3.63, 3.8) is 0 Å². The molecular formula is C7H12O4. The van der Waals surface area contributed by atoms with Gasteiger partial charge in [0.15, 0.2) is 0 Å². The molecule has 0 aliphatic rings. The minimum Gasteiger partial charge on any atom is -0.468 e. The molecule has 4 nitrogen and oxygen atoms in total. The van der Waals surface area contributed by atoms with Crippen LogP contribution in [0.15, 0.2) is 0 Å². The molecule has 0 saturated carbocycles. The van der Waals surface area contributed by atoms with E-state index in [2.05, 4.69) is 4.74 Å². The van der Waals surface area contributed by atoms with E-state index in [0.29, 0.717) is 0 Å². The SMILES string of the molecule is CCC(=O)C(CO)C(=O)OC. The first-order chi connectivity index (χ1) is 5.17. The van der Waals surface area contributed by atoms with Crippen LogP contribution in [0, 0.1) is 5.92 Å². The topological polar surface area (TPSA) is 63.6 Å². The van der Waals surface area contributed by atoms with E-state index in [0.717, 1.165) is 0 Å². The fourth-order valence-electron chi connectivity index (χ4n) is 0.696. The third kappa shape index (κ3) is 2.67. The second-order valence-electron chi connectivity index (χ2n) is 2.08. The van der Waals surface area contributed by atoms with Crippen molar-refractivity contribution >= 4 is 11.8 Å². The molecule has 0 amide bonds. The first-order valence-electron chi connectivity index (χ1n) is 3.38. The van der Waals surface area contributed by atoms with Gasteiger partial charge in [0.05, 0.1) is 13.7 Å². The van der Waals surface area contributed by atoms with Crippen LogP contribution in [0.4, 0.5) is 0 Å². The Morgan fingerprint density at radius 1 is 1.55 bits per heavy atom. The van der Waals surface area contributed by atoms with Crippen LogP contribution in [0.5, 0.6) is 0 Å². The van der Waals surface area contributed by atoms with E-state index in [1.807, 2.05) is 0 Å². The number of carbonyl (C=O) groups is 2. The van der Waals surface area contributed by atoms with Gasteiger partial charge in [-0.2, -0.15) is 0 Å². The van der Waals surface area contributed by atoms with Gasteiger partial charge in [0.2, 0.25) is 0 Å². The molecule has 64 valence electrons. The quantitative estimate of drug-likeness (QED) is 0.455. The minimum atomic E-state index is -0.995. The Hall–Kier alpha value is -0.900. The number of esters is 1. The smallest absolute Gasteiger partial charge is 0.318 e. The molecule has 1 unspecified atom stereocenters. The Labute approximate surface area is 65.2 Å². The lowest BCUT2D eigenvalue weighted by Gasteiger charge is -2.07. The molecule has 4 heteroatoms. The molecule has 0 bridgehead atoms. The number of methoxy groups -OCH3 is 1. The van der Waals surface area contributed by atoms with Crippen molar-refractivity contribution in [1.29, 1.82) is 0 Å². The number of carbonyl (C=O) groups excluding carboxylic acids is 2. The summed E-state index contributed by atoms with van der Waals surface area (Å²) in [5, 5.41) is 8.61. The van der Waals surface area contributed by atoms with Gasteiger partial charge >= 0.3 is 5.97 Å². The second-order valence-corrected chi connectivity index (χ2v) is 2.08. The van der Waals surface area contributed by atoms with Crippen molar-refractivity contribution in [3.8, 4) is 0 Å². The number of hydrogen-bond donors (Lipinski definition) is 1. The lowest BCUT2D eigenvalue weighted by molar-refractivity contribution is -0.150. The van der Waals surface area contributed by atoms with Gasteiger partial charge in [0.1, 0.15) is 11.7 Å². The van der Waals surface area contributed by atoms with Crippen LogP contribution in [-0.2, 0) is 14.3 Å². The average Bonchev–Trinajstić information content (AvgIpc) is 2.05. The van der Waals surface area contributed by atoms with Crippen LogP contribution in [0.1, 0.15) is 13.3 Å². The van der Waals surface area contributed by atoms with Crippen LogP contribution in [0.2, 0.25) is 0 Å². The zero-order chi connectivity index (χ0) is 8.85. The normalized spacial score (nSPS) is 12.3. The first-order valence-corrected chi connectivity index (χ1v) is 3.38. The summed E-state index contributed by atoms with van der Waals surface area (Å²) < 4.78 is 4.31. The van der Waals surface area contributed by atoms with Crippen molar-refractivity contribution in [1.82, 2.24) is 0 Å². The summed E-state index contributed by atoms with van der Waals surface area (Å²) >= 11 is 0. The summed E-state index contributed by atoms with van der Waals surface area (Å²) in [4.78, 5) is 21.6. The number of Topliss-reactive ketones (excluding diaryl/α,β-unsaturated/α-hetero) is 1. The molecule has 0 saturated heterocycles. The summed E-state index contributed by atoms with van der Waals surface area (Å²) in [7, 11) is 1.19. The number of ether oxygens (including phenoxy) is 1. The van der Waals surface area contributed by atoms with Crippen LogP contribution >= 0.6 is 0 Å². The maximum absolute atomic E-state index is 10.9. The van der Waals surface area contributed by atoms with Gasteiger partial charge in [-0.3, -0.25) is 9.59 Å². The van der Waals surface area contributed by atoms with E-state index in [1.165, 1.54) is 7.11 Å². The summed E-state index contributed by atoms with van der Waals surface area (Å²) in [6.07, 6.45) is 0.236. The molecule has 0 rings (SSSR count). The molecule has 1 N–H and O–H groups in total. The first kappa shape index (κ1) is 10.1. The second kappa shape index (κ2) is 4.85. The van der Waals surface area contributed by atoms with Crippen LogP contribution in [0.3, 0.4) is 0 Å². The molecule has 0 aromatic carbocycles. The lowest BCUT2D eigenvalue weighted by atomic mass is 10.0. The highest BCUT2D eigenvalue weighted by Crippen LogP contribution is 2.02. The Morgan fingerprint density at radius 2 is 2.09 bits per heavy atom. The van der Waals surface area contributed by atoms with Gasteiger partial charge in [-0.1, -0.05) is 6.92 Å². The zero-order valence-electron chi connectivity index (χ0n) is 6.66. The Bertz CT molecular complexity index is 137. The predicted molar refractivity (Wildman–Crippen MR) is 37.9 cm³/mol. The molecule has 0 radical (unpaired) electrons. The van der Waals surface area contributed by atoms with E-state index in [4.69, 9.17) is 5.11 Å². The maximum Gasteiger partial charge on any atom is 0.318 e. The van der Waals surface area contributed by atoms with Crippen molar-refractivity contribution < 1.29 is 19.4 Å². The van der Waals surface area contributed by atoms with Crippen LogP contribution in [0.25, 0.3) is 0 Å². The van der Waals surface area contributed by atoms with E-state index < -0.39 is 18.5 Å². The number of aliphatic hydroxyl groups excluding tert-OH is 1. The standard InChI is InChI=1S/C7H12O4/c1-3-6(9)5(4-8)7(10)11-2/h5,8H,3-4H2,1-2H3. The van der Waals surface area contributed by atoms with Gasteiger partial charge in [0, 0.05) is 6.42 Å². The highest BCUT2D eigenvalue weighted by atomic mass is 16.5. The van der Waals surface area contributed by atoms with E-state index >= 15 is 0 Å². The maximum atomic E-state index is 10.9. The molecule has 0 aliphatic heterocycles. The van der Waals surface area contributed by atoms with Crippen molar-refractivity contribution in [2.45, 2.75) is 13.3 Å². The van der Waals surface area contributed by atoms with Crippen molar-refractivity contribution in [3.05, 3.63) is 0 Å². The van der Waals surface area contributed by atoms with Gasteiger partial charge in [0.25, 0.3) is 0 Å². The monoisotopic (exact) mass is 160 g/mol. The molecule has 0 heterocycles. The molecule has 0 aromatic rings. The lowest BCUT2D eigenvalue weighted by Crippen LogP contribution is -2.27. The fraction of sp³-hybridized carbons (Fsp3) is 0.714. The van der Waals surface area contributed by atoms with Gasteiger partial charge < -0.3 is 9.84 Å². The molecule has 0 aliphatic carbocycles. The highest BCUT2D eigenvalue weighted by Gasteiger charge is 2.24. The fourth-order valence-corrected chi connectivity index (χ4v) is 0.696. The van der Waals surface area contributed by atoms with Crippen LogP contribution < -0.4 is 0 Å². The predicted octanol–water partition coefficient (Wildman–Crippen LogP) is -0.253. The number of ketones is 1. The minimum absolute atomic E-state index is 0.236. The molecule has 11 heavy (non-hydrogen) atoms. The largest absolute Gasteiger partial charge is 0.468 e. The highest BCUT2D eigenvalue weighted by molar-refractivity contribution is 5.98. The third-order valence-electron chi connectivity index (χ3n) is 1.41. The van der Waals surface area contributed by atoms with Gasteiger partial charge in [-0.05, 0) is 0 Å². The molecule has 0 aromatic heterocycles. The molecule has 1 atom stereocenters. The molecule has 0 fully saturated rings. The Kier molecular flexibility index (Phi) is 4.45. The zero-order valence-corrected chi connectivity index (χ0v) is 6.66. The Morgan fingerprint density at radius 3 is 2.36 bits per heavy atom. The number of hydrogen-bond acceptors (Lipinski definition) is 4. The Balaban J connectivity index is 4.15. The third-order valence-corrected chi connectivity index (χ3v) is 1.41. The van der Waals surface area contributed by atoms with Gasteiger partial charge in [-0.25, -0.2) is 0 Å². The summed E-state index contributed by atoms with van der Waals surface area (Å²) in [5.41, 5.74) is 0. The summed E-state index contributed by atoms with van der Waals surface area (Å²) in [5.74, 6) is -1.95. The molecular weight excluding hydrogens is 148 g/mol. The van der Waals surface area contributed by atoms with Crippen LogP contribution in [-0.4, -0.2) is 30.6 Å². The summed E-state index contributed by atoms with van der Waals surface area (Å²) in [6.45, 7) is 1.16. The average molecular weight is 160 g/mol. The number of rotatable bonds is 4. The van der Waals surface area contributed by atoms with E-state index in [1.54, 1.807) is 6.92 Å². The number of aliphatic hydroxyl groups is 1. The summed E-state index contributed by atoms with van der Waals surface area (Å²) in [6, 6.07) is 0. The van der Waals surface area contributed by atoms with E-state index in [9.17, 15) is 9.59 Å². The van der Waals surface area contributed by atoms with Gasteiger partial charge in [-0.15, -0.1) is 0 Å². The van der Waals surface area contributed by atoms with Crippen molar-refractivity contribution in [2.75, 3.05) is 13.7 Å². The molecule has 0 spiro atoms. The van der Waals surface area contributed by atoms with Crippen molar-refractivity contribution in [2.24, 2.45) is 5.92 Å². The van der Waals surface area contributed by atoms with E-state index in [-0.39, 0.29) is 12.2 Å².